The molecule has 0 aromatic heterocycles. The zero-order valence-electron chi connectivity index (χ0n) is 12.5. The highest BCUT2D eigenvalue weighted by molar-refractivity contribution is 5.48. The highest BCUT2D eigenvalue weighted by atomic mass is 16.5. The molecule has 0 spiro atoms. The minimum Gasteiger partial charge on any atom is -0.496 e. The lowest BCUT2D eigenvalue weighted by Gasteiger charge is -2.19. The summed E-state index contributed by atoms with van der Waals surface area (Å²) in [6, 6.07) is 2.13. The van der Waals surface area contributed by atoms with Gasteiger partial charge in [0.2, 0.25) is 0 Å². The van der Waals surface area contributed by atoms with Crippen molar-refractivity contribution in [2.45, 2.75) is 27.2 Å². The van der Waals surface area contributed by atoms with Gasteiger partial charge >= 0.3 is 0 Å². The van der Waals surface area contributed by atoms with Gasteiger partial charge in [-0.05, 0) is 62.6 Å². The maximum atomic E-state index is 5.40. The second-order valence-corrected chi connectivity index (χ2v) is 4.87. The van der Waals surface area contributed by atoms with Crippen LogP contribution in [0.1, 0.15) is 22.3 Å². The predicted octanol–water partition coefficient (Wildman–Crippen LogP) is 2.70. The summed E-state index contributed by atoms with van der Waals surface area (Å²) in [7, 11) is 5.53. The fourth-order valence-corrected chi connectivity index (χ4v) is 2.28. The molecule has 0 unspecified atom stereocenters. The molecule has 0 aliphatic carbocycles. The van der Waals surface area contributed by atoms with Crippen LogP contribution in [-0.4, -0.2) is 39.4 Å². The molecule has 3 heteroatoms. The molecule has 0 bridgehead atoms. The van der Waals surface area contributed by atoms with Crippen LogP contribution in [0.5, 0.6) is 5.75 Å². The Balaban J connectivity index is 2.86. The molecule has 0 fully saturated rings. The lowest BCUT2D eigenvalue weighted by molar-refractivity contribution is 0.0826. The van der Waals surface area contributed by atoms with Gasteiger partial charge in [-0.15, -0.1) is 0 Å². The van der Waals surface area contributed by atoms with Gasteiger partial charge in [0.05, 0.1) is 13.8 Å². The molecule has 0 atom stereocenters. The van der Waals surface area contributed by atoms with Gasteiger partial charge in [0.25, 0.3) is 0 Å². The van der Waals surface area contributed by atoms with Crippen LogP contribution in [0.15, 0.2) is 6.07 Å². The molecule has 1 aromatic rings. The van der Waals surface area contributed by atoms with Gasteiger partial charge in [-0.3, -0.25) is 4.90 Å². The fraction of sp³-hybridized carbons (Fsp3) is 0.600. The minimum atomic E-state index is 0.674. The van der Waals surface area contributed by atoms with Gasteiger partial charge in [-0.1, -0.05) is 0 Å². The summed E-state index contributed by atoms with van der Waals surface area (Å²) >= 11 is 0. The summed E-state index contributed by atoms with van der Waals surface area (Å²) < 4.78 is 10.5. The van der Waals surface area contributed by atoms with E-state index in [1.165, 1.54) is 22.3 Å². The fourth-order valence-electron chi connectivity index (χ4n) is 2.28. The normalized spacial score (nSPS) is 11.1. The van der Waals surface area contributed by atoms with E-state index in [1.807, 2.05) is 0 Å². The number of methoxy groups -OCH3 is 2. The van der Waals surface area contributed by atoms with Crippen molar-refractivity contribution in [3.05, 3.63) is 28.3 Å². The SMILES string of the molecule is COCN(C)CCc1c(C)cc(OC)c(C)c1C. The summed E-state index contributed by atoms with van der Waals surface area (Å²) in [5.74, 6) is 0.985. The number of nitrogens with zero attached hydrogens (tertiary/aromatic N) is 1. The number of benzene rings is 1. The molecule has 0 saturated heterocycles. The quantitative estimate of drug-likeness (QED) is 0.726. The van der Waals surface area contributed by atoms with Crippen LogP contribution in [0.3, 0.4) is 0 Å². The molecular formula is C15H25NO2. The van der Waals surface area contributed by atoms with Crippen LogP contribution < -0.4 is 4.74 Å². The van der Waals surface area contributed by atoms with Crippen molar-refractivity contribution >= 4 is 0 Å². The molecule has 0 aliphatic heterocycles. The Morgan fingerprint density at radius 2 is 1.78 bits per heavy atom. The standard InChI is InChI=1S/C15H25NO2/c1-11-9-15(18-6)13(3)12(2)14(11)7-8-16(4)10-17-5/h9H,7-8,10H2,1-6H3. The van der Waals surface area contributed by atoms with E-state index >= 15 is 0 Å². The molecular weight excluding hydrogens is 226 g/mol. The Bertz CT molecular complexity index is 402. The molecule has 0 amide bonds. The second-order valence-electron chi connectivity index (χ2n) is 4.87. The molecule has 0 heterocycles. The Morgan fingerprint density at radius 1 is 1.11 bits per heavy atom. The highest BCUT2D eigenvalue weighted by Gasteiger charge is 2.11. The summed E-state index contributed by atoms with van der Waals surface area (Å²) in [6.07, 6.45) is 1.04. The number of rotatable bonds is 6. The molecule has 0 saturated carbocycles. The monoisotopic (exact) mass is 251 g/mol. The van der Waals surface area contributed by atoms with Crippen molar-refractivity contribution in [1.29, 1.82) is 0 Å². The third-order valence-corrected chi connectivity index (χ3v) is 3.52. The smallest absolute Gasteiger partial charge is 0.122 e. The number of likely N-dealkylation sites (N-methyl/N-ethyl adjacent to an activating group) is 1. The van der Waals surface area contributed by atoms with Crippen molar-refractivity contribution in [3.8, 4) is 5.75 Å². The molecule has 1 aromatic carbocycles. The van der Waals surface area contributed by atoms with Gasteiger partial charge < -0.3 is 9.47 Å². The summed E-state index contributed by atoms with van der Waals surface area (Å²) in [4.78, 5) is 2.18. The third kappa shape index (κ3) is 3.47. The number of ether oxygens (including phenoxy) is 2. The topological polar surface area (TPSA) is 21.7 Å². The van der Waals surface area contributed by atoms with Crippen LogP contribution in [0.25, 0.3) is 0 Å². The minimum absolute atomic E-state index is 0.674. The first kappa shape index (κ1) is 15.0. The largest absolute Gasteiger partial charge is 0.496 e. The maximum Gasteiger partial charge on any atom is 0.122 e. The zero-order chi connectivity index (χ0) is 13.7. The lowest BCUT2D eigenvalue weighted by atomic mass is 9.95. The molecule has 18 heavy (non-hydrogen) atoms. The van der Waals surface area contributed by atoms with Gasteiger partial charge in [0, 0.05) is 13.7 Å². The number of hydrogen-bond donors (Lipinski definition) is 0. The Hall–Kier alpha value is -1.06. The average molecular weight is 251 g/mol. The van der Waals surface area contributed by atoms with Crippen LogP contribution in [0.4, 0.5) is 0 Å². The zero-order valence-corrected chi connectivity index (χ0v) is 12.5. The van der Waals surface area contributed by atoms with Crippen molar-refractivity contribution in [2.24, 2.45) is 0 Å². The second kappa shape index (κ2) is 6.76. The molecule has 0 radical (unpaired) electrons. The summed E-state index contributed by atoms with van der Waals surface area (Å²) in [5, 5.41) is 0. The number of aryl methyl sites for hydroxylation is 1. The molecule has 0 N–H and O–H groups in total. The Kier molecular flexibility index (Phi) is 5.63. The third-order valence-electron chi connectivity index (χ3n) is 3.52. The van der Waals surface area contributed by atoms with Crippen LogP contribution in [0.2, 0.25) is 0 Å². The van der Waals surface area contributed by atoms with Crippen LogP contribution >= 0.6 is 0 Å². The first-order valence-electron chi connectivity index (χ1n) is 6.32. The van der Waals surface area contributed by atoms with Crippen LogP contribution in [0, 0.1) is 20.8 Å². The van der Waals surface area contributed by atoms with Gasteiger partial charge in [0.1, 0.15) is 5.75 Å². The van der Waals surface area contributed by atoms with E-state index in [0.29, 0.717) is 6.73 Å². The molecule has 1 rings (SSSR count). The van der Waals surface area contributed by atoms with Gasteiger partial charge in [0.15, 0.2) is 0 Å². The molecule has 102 valence electrons. The average Bonchev–Trinajstić information content (AvgIpc) is 2.34. The highest BCUT2D eigenvalue weighted by Crippen LogP contribution is 2.27. The van der Waals surface area contributed by atoms with Gasteiger partial charge in [-0.2, -0.15) is 0 Å². The van der Waals surface area contributed by atoms with E-state index in [0.717, 1.165) is 18.7 Å². The Labute approximate surface area is 111 Å². The van der Waals surface area contributed by atoms with E-state index in [9.17, 15) is 0 Å². The van der Waals surface area contributed by atoms with E-state index in [1.54, 1.807) is 14.2 Å². The van der Waals surface area contributed by atoms with Crippen molar-refractivity contribution in [2.75, 3.05) is 34.5 Å². The lowest BCUT2D eigenvalue weighted by Crippen LogP contribution is -2.24. The summed E-state index contributed by atoms with van der Waals surface area (Å²) in [6.45, 7) is 8.13. The van der Waals surface area contributed by atoms with Crippen LogP contribution in [-0.2, 0) is 11.2 Å². The predicted molar refractivity (Wildman–Crippen MR) is 75.4 cm³/mol. The maximum absolute atomic E-state index is 5.40. The molecule has 3 nitrogen and oxygen atoms in total. The van der Waals surface area contributed by atoms with E-state index in [2.05, 4.69) is 38.8 Å². The van der Waals surface area contributed by atoms with E-state index in [4.69, 9.17) is 9.47 Å². The number of hydrogen-bond acceptors (Lipinski definition) is 3. The van der Waals surface area contributed by atoms with Crippen molar-refractivity contribution in [3.63, 3.8) is 0 Å². The van der Waals surface area contributed by atoms with Crippen molar-refractivity contribution in [1.82, 2.24) is 4.90 Å². The van der Waals surface area contributed by atoms with E-state index in [-0.39, 0.29) is 0 Å². The van der Waals surface area contributed by atoms with Crippen molar-refractivity contribution < 1.29 is 9.47 Å². The Morgan fingerprint density at radius 3 is 2.33 bits per heavy atom. The van der Waals surface area contributed by atoms with E-state index < -0.39 is 0 Å². The first-order chi connectivity index (χ1) is 8.51. The van der Waals surface area contributed by atoms with Gasteiger partial charge in [-0.25, -0.2) is 0 Å². The molecule has 0 aliphatic rings. The first-order valence-corrected chi connectivity index (χ1v) is 6.32. The summed E-state index contributed by atoms with van der Waals surface area (Å²) in [5.41, 5.74) is 5.32.